The number of pyridine rings is 2. The number of amides is 1. The predicted molar refractivity (Wildman–Crippen MR) is 128 cm³/mol. The largest absolute Gasteiger partial charge is 0.516 e. The summed E-state index contributed by atoms with van der Waals surface area (Å²) >= 11 is 2.96. The summed E-state index contributed by atoms with van der Waals surface area (Å²) in [6.45, 7) is 1.94. The van der Waals surface area contributed by atoms with Gasteiger partial charge in [-0.25, -0.2) is 14.7 Å². The summed E-state index contributed by atoms with van der Waals surface area (Å²) in [5.41, 5.74) is 1.39. The Morgan fingerprint density at radius 1 is 1.09 bits per heavy atom. The lowest BCUT2D eigenvalue weighted by Gasteiger charge is -2.25. The monoisotopic (exact) mass is 481 g/mol. The van der Waals surface area contributed by atoms with E-state index in [4.69, 9.17) is 14.2 Å². The van der Waals surface area contributed by atoms with Crippen molar-refractivity contribution in [3.63, 3.8) is 0 Å². The van der Waals surface area contributed by atoms with Crippen LogP contribution in [0.15, 0.2) is 58.3 Å². The van der Waals surface area contributed by atoms with Crippen molar-refractivity contribution in [3.8, 4) is 11.6 Å². The van der Waals surface area contributed by atoms with Crippen LogP contribution in [0.1, 0.15) is 5.56 Å². The van der Waals surface area contributed by atoms with E-state index in [2.05, 4.69) is 9.97 Å². The number of benzene rings is 1. The van der Waals surface area contributed by atoms with E-state index >= 15 is 0 Å². The quantitative estimate of drug-likeness (QED) is 0.394. The number of ether oxygens (including phenoxy) is 3. The summed E-state index contributed by atoms with van der Waals surface area (Å²) in [6.07, 6.45) is -1.86. The number of carbonyl (C=O) groups is 2. The van der Waals surface area contributed by atoms with E-state index in [0.717, 1.165) is 22.5 Å². The van der Waals surface area contributed by atoms with Crippen LogP contribution in [0.5, 0.6) is 11.6 Å². The van der Waals surface area contributed by atoms with E-state index in [1.165, 1.54) is 35.5 Å². The Labute approximate surface area is 198 Å². The molecule has 33 heavy (non-hydrogen) atoms. The number of hydrogen-bond donors (Lipinski definition) is 0. The number of aromatic nitrogens is 2. The number of anilines is 1. The normalized spacial score (nSPS) is 17.8. The van der Waals surface area contributed by atoms with Crippen LogP contribution in [0.2, 0.25) is 0 Å². The molecule has 5 rings (SSSR count). The number of methoxy groups -OCH3 is 1. The second-order valence-corrected chi connectivity index (χ2v) is 9.46. The van der Waals surface area contributed by atoms with Crippen LogP contribution in [0.3, 0.4) is 0 Å². The molecule has 2 aliphatic heterocycles. The maximum atomic E-state index is 13.3. The molecule has 0 saturated carbocycles. The maximum Gasteiger partial charge on any atom is 0.516 e. The lowest BCUT2D eigenvalue weighted by Crippen LogP contribution is -2.39. The third-order valence-electron chi connectivity index (χ3n) is 5.13. The van der Waals surface area contributed by atoms with Gasteiger partial charge in [0.1, 0.15) is 11.6 Å². The molecular formula is C23H19N3O5S2. The van der Waals surface area contributed by atoms with Crippen LogP contribution >= 0.6 is 23.5 Å². The van der Waals surface area contributed by atoms with Crippen LogP contribution in [0.25, 0.3) is 11.0 Å². The fraction of sp³-hybridized carbons (Fsp3) is 0.217. The molecule has 10 heteroatoms. The lowest BCUT2D eigenvalue weighted by atomic mass is 10.2. The van der Waals surface area contributed by atoms with Gasteiger partial charge in [0.05, 0.1) is 16.9 Å². The summed E-state index contributed by atoms with van der Waals surface area (Å²) in [6, 6.07) is 14.0. The Kier molecular flexibility index (Phi) is 5.86. The van der Waals surface area contributed by atoms with Crippen molar-refractivity contribution >= 4 is 52.4 Å². The van der Waals surface area contributed by atoms with Crippen LogP contribution in [0, 0.1) is 6.92 Å². The zero-order valence-electron chi connectivity index (χ0n) is 17.8. The highest BCUT2D eigenvalue weighted by molar-refractivity contribution is 8.10. The molecule has 0 radical (unpaired) electrons. The summed E-state index contributed by atoms with van der Waals surface area (Å²) in [7, 11) is 1.54. The molecule has 1 atom stereocenters. The maximum absolute atomic E-state index is 13.3. The molecule has 0 aliphatic carbocycles. The SMILES string of the molecule is COc1cc(C)c2ccc(N3C(=O)C4=C(SCCS4)C3OC(=O)Oc3ccccc3)nc2n1. The van der Waals surface area contributed by atoms with Gasteiger partial charge < -0.3 is 14.2 Å². The van der Waals surface area contributed by atoms with Gasteiger partial charge in [-0.3, -0.25) is 4.79 Å². The van der Waals surface area contributed by atoms with Crippen LogP contribution < -0.4 is 14.4 Å². The van der Waals surface area contributed by atoms with Gasteiger partial charge in [-0.1, -0.05) is 18.2 Å². The summed E-state index contributed by atoms with van der Waals surface area (Å²) in [5.74, 6) is 2.47. The second-order valence-electron chi connectivity index (χ2n) is 7.22. The first-order valence-corrected chi connectivity index (χ1v) is 12.1. The molecule has 2 aliphatic rings. The zero-order chi connectivity index (χ0) is 22.9. The molecule has 0 saturated heterocycles. The molecule has 0 spiro atoms. The molecular weight excluding hydrogens is 462 g/mol. The molecule has 1 amide bonds. The van der Waals surface area contributed by atoms with E-state index in [1.807, 2.05) is 25.1 Å². The smallest absolute Gasteiger partial charge is 0.481 e. The number of hydrogen-bond acceptors (Lipinski definition) is 9. The molecule has 1 aromatic carbocycles. The molecule has 0 fully saturated rings. The van der Waals surface area contributed by atoms with Crippen molar-refractivity contribution in [1.29, 1.82) is 0 Å². The van der Waals surface area contributed by atoms with Crippen molar-refractivity contribution in [2.45, 2.75) is 13.2 Å². The first kappa shape index (κ1) is 21.6. The van der Waals surface area contributed by atoms with Crippen molar-refractivity contribution in [2.75, 3.05) is 23.5 Å². The number of carbonyl (C=O) groups excluding carboxylic acids is 2. The highest BCUT2D eigenvalue weighted by atomic mass is 32.2. The minimum absolute atomic E-state index is 0.258. The van der Waals surface area contributed by atoms with E-state index in [9.17, 15) is 9.59 Å². The minimum Gasteiger partial charge on any atom is -0.481 e. The van der Waals surface area contributed by atoms with E-state index in [1.54, 1.807) is 30.3 Å². The first-order valence-electron chi connectivity index (χ1n) is 10.1. The first-order chi connectivity index (χ1) is 16.0. The van der Waals surface area contributed by atoms with Gasteiger partial charge in [-0.2, -0.15) is 4.98 Å². The van der Waals surface area contributed by atoms with Gasteiger partial charge in [0.25, 0.3) is 5.91 Å². The van der Waals surface area contributed by atoms with Crippen LogP contribution in [-0.4, -0.2) is 46.9 Å². The average Bonchev–Trinajstić information content (AvgIpc) is 3.10. The molecule has 3 aromatic rings. The number of para-hydroxylation sites is 1. The Hall–Kier alpha value is -3.24. The van der Waals surface area contributed by atoms with Crippen LogP contribution in [-0.2, 0) is 9.53 Å². The number of nitrogens with zero attached hydrogens (tertiary/aromatic N) is 3. The van der Waals surface area contributed by atoms with Crippen molar-refractivity contribution < 1.29 is 23.8 Å². The standard InChI is InChI=1S/C23H19N3O5S2/c1-13-12-17(29-2)25-20-15(13)8-9-16(24-20)26-21(27)18-19(33-11-10-32-18)22(26)31-23(28)30-14-6-4-3-5-7-14/h3-9,12,22H,10-11H2,1-2H3. The Bertz CT molecular complexity index is 1280. The molecule has 2 aromatic heterocycles. The number of aryl methyl sites for hydroxylation is 1. The van der Waals surface area contributed by atoms with E-state index in [0.29, 0.717) is 32.9 Å². The number of rotatable bonds is 4. The van der Waals surface area contributed by atoms with Gasteiger partial charge in [0.2, 0.25) is 12.1 Å². The fourth-order valence-electron chi connectivity index (χ4n) is 3.62. The molecule has 8 nitrogen and oxygen atoms in total. The molecule has 0 N–H and O–H groups in total. The minimum atomic E-state index is -0.960. The summed E-state index contributed by atoms with van der Waals surface area (Å²) in [5, 5.41) is 0.841. The number of thioether (sulfide) groups is 2. The van der Waals surface area contributed by atoms with Crippen molar-refractivity contribution in [3.05, 3.63) is 63.9 Å². The van der Waals surface area contributed by atoms with Gasteiger partial charge in [-0.05, 0) is 36.8 Å². The highest BCUT2D eigenvalue weighted by Gasteiger charge is 2.45. The van der Waals surface area contributed by atoms with Crippen LogP contribution in [0.4, 0.5) is 10.6 Å². The summed E-state index contributed by atoms with van der Waals surface area (Å²) < 4.78 is 16.2. The third kappa shape index (κ3) is 4.11. The average molecular weight is 482 g/mol. The lowest BCUT2D eigenvalue weighted by molar-refractivity contribution is -0.115. The summed E-state index contributed by atoms with van der Waals surface area (Å²) in [4.78, 5) is 37.6. The van der Waals surface area contributed by atoms with Gasteiger partial charge in [0, 0.05) is 23.0 Å². The second kappa shape index (κ2) is 8.95. The highest BCUT2D eigenvalue weighted by Crippen LogP contribution is 2.45. The zero-order valence-corrected chi connectivity index (χ0v) is 19.4. The van der Waals surface area contributed by atoms with Gasteiger partial charge in [-0.15, -0.1) is 23.5 Å². The number of fused-ring (bicyclic) bond motifs is 1. The fourth-order valence-corrected chi connectivity index (χ4v) is 6.04. The molecule has 1 unspecified atom stereocenters. The van der Waals surface area contributed by atoms with Crippen molar-refractivity contribution in [1.82, 2.24) is 9.97 Å². The molecule has 0 bridgehead atoms. The molecule has 168 valence electrons. The third-order valence-corrected chi connectivity index (χ3v) is 7.74. The Morgan fingerprint density at radius 2 is 1.88 bits per heavy atom. The van der Waals surface area contributed by atoms with E-state index in [-0.39, 0.29) is 5.91 Å². The Balaban J connectivity index is 1.50. The molecule has 4 heterocycles. The van der Waals surface area contributed by atoms with Crippen molar-refractivity contribution in [2.24, 2.45) is 0 Å². The topological polar surface area (TPSA) is 90.8 Å². The van der Waals surface area contributed by atoms with Gasteiger partial charge in [0.15, 0.2) is 5.65 Å². The predicted octanol–water partition coefficient (Wildman–Crippen LogP) is 4.53. The van der Waals surface area contributed by atoms with Gasteiger partial charge >= 0.3 is 6.16 Å². The van der Waals surface area contributed by atoms with E-state index < -0.39 is 12.4 Å². The Morgan fingerprint density at radius 3 is 2.67 bits per heavy atom.